The normalized spacial score (nSPS) is 10.1. The summed E-state index contributed by atoms with van der Waals surface area (Å²) in [6, 6.07) is 5.13. The molecule has 0 aliphatic rings. The molecule has 0 saturated carbocycles. The molecule has 0 aliphatic carbocycles. The lowest BCUT2D eigenvalue weighted by Gasteiger charge is -2.06. The second kappa shape index (κ2) is 4.85. The maximum atomic E-state index is 13.2. The molecule has 13 heavy (non-hydrogen) atoms. The number of benzene rings is 1. The first-order valence-electron chi connectivity index (χ1n) is 4.69. The predicted octanol–water partition coefficient (Wildman–Crippen LogP) is 3.18. The van der Waals surface area contributed by atoms with Crippen molar-refractivity contribution in [2.75, 3.05) is 6.61 Å². The average molecular weight is 182 g/mol. The van der Waals surface area contributed by atoms with Gasteiger partial charge >= 0.3 is 0 Å². The van der Waals surface area contributed by atoms with Crippen LogP contribution in [-0.2, 0) is 6.42 Å². The van der Waals surface area contributed by atoms with Gasteiger partial charge in [0.1, 0.15) is 0 Å². The van der Waals surface area contributed by atoms with Gasteiger partial charge in [-0.1, -0.05) is 19.9 Å². The molecule has 1 aromatic carbocycles. The van der Waals surface area contributed by atoms with Crippen LogP contribution < -0.4 is 4.74 Å². The number of hydrogen-bond acceptors (Lipinski definition) is 1. The number of aryl methyl sites for hydroxylation is 1. The van der Waals surface area contributed by atoms with E-state index in [2.05, 4.69) is 0 Å². The number of halogens is 1. The van der Waals surface area contributed by atoms with E-state index in [1.807, 2.05) is 19.9 Å². The quantitative estimate of drug-likeness (QED) is 0.695. The Bertz CT molecular complexity index is 271. The van der Waals surface area contributed by atoms with Crippen molar-refractivity contribution in [2.45, 2.75) is 26.7 Å². The molecule has 0 fully saturated rings. The highest BCUT2D eigenvalue weighted by Gasteiger charge is 2.02. The van der Waals surface area contributed by atoms with Gasteiger partial charge < -0.3 is 4.74 Å². The van der Waals surface area contributed by atoms with Crippen molar-refractivity contribution in [1.82, 2.24) is 0 Å². The predicted molar refractivity (Wildman–Crippen MR) is 51.6 cm³/mol. The highest BCUT2D eigenvalue weighted by atomic mass is 19.1. The highest BCUT2D eigenvalue weighted by Crippen LogP contribution is 2.18. The molecule has 0 saturated heterocycles. The Balaban J connectivity index is 2.73. The van der Waals surface area contributed by atoms with Gasteiger partial charge in [-0.3, -0.25) is 0 Å². The smallest absolute Gasteiger partial charge is 0.165 e. The molecular formula is C11H15FO. The Morgan fingerprint density at radius 2 is 2.08 bits per heavy atom. The Morgan fingerprint density at radius 3 is 2.62 bits per heavy atom. The van der Waals surface area contributed by atoms with Crippen molar-refractivity contribution in [3.8, 4) is 5.75 Å². The molecule has 1 rings (SSSR count). The van der Waals surface area contributed by atoms with Crippen molar-refractivity contribution in [2.24, 2.45) is 0 Å². The number of ether oxygens (including phenoxy) is 1. The van der Waals surface area contributed by atoms with Gasteiger partial charge in [-0.25, -0.2) is 4.39 Å². The van der Waals surface area contributed by atoms with Crippen LogP contribution in [0.1, 0.15) is 25.8 Å². The van der Waals surface area contributed by atoms with E-state index in [1.54, 1.807) is 6.07 Å². The van der Waals surface area contributed by atoms with E-state index in [4.69, 9.17) is 4.74 Å². The lowest BCUT2D eigenvalue weighted by Crippen LogP contribution is -1.97. The summed E-state index contributed by atoms with van der Waals surface area (Å²) < 4.78 is 18.4. The Morgan fingerprint density at radius 1 is 1.31 bits per heavy atom. The molecule has 2 heteroatoms. The molecule has 0 N–H and O–H groups in total. The van der Waals surface area contributed by atoms with Gasteiger partial charge in [0.15, 0.2) is 11.6 Å². The van der Waals surface area contributed by atoms with Gasteiger partial charge in [-0.05, 0) is 30.5 Å². The van der Waals surface area contributed by atoms with Crippen LogP contribution in [0.4, 0.5) is 4.39 Å². The Kier molecular flexibility index (Phi) is 3.74. The number of rotatable bonds is 4. The molecule has 0 aromatic heterocycles. The fraction of sp³-hybridized carbons (Fsp3) is 0.455. The molecule has 1 nitrogen and oxygen atoms in total. The van der Waals surface area contributed by atoms with E-state index >= 15 is 0 Å². The Labute approximate surface area is 78.5 Å². The summed E-state index contributed by atoms with van der Waals surface area (Å²) in [4.78, 5) is 0. The molecule has 0 atom stereocenters. The fourth-order valence-electron chi connectivity index (χ4n) is 1.09. The minimum absolute atomic E-state index is 0.257. The summed E-state index contributed by atoms with van der Waals surface area (Å²) in [6.45, 7) is 4.57. The first-order valence-corrected chi connectivity index (χ1v) is 4.69. The summed E-state index contributed by atoms with van der Waals surface area (Å²) in [7, 11) is 0. The van der Waals surface area contributed by atoms with Crippen molar-refractivity contribution in [3.05, 3.63) is 29.6 Å². The third kappa shape index (κ3) is 2.72. The topological polar surface area (TPSA) is 9.23 Å². The molecular weight excluding hydrogens is 167 g/mol. The fourth-order valence-corrected chi connectivity index (χ4v) is 1.09. The van der Waals surface area contributed by atoms with Crippen LogP contribution >= 0.6 is 0 Å². The van der Waals surface area contributed by atoms with Crippen molar-refractivity contribution in [3.63, 3.8) is 0 Å². The lowest BCUT2D eigenvalue weighted by atomic mass is 10.1. The van der Waals surface area contributed by atoms with Crippen LogP contribution in [0.15, 0.2) is 18.2 Å². The molecule has 0 aliphatic heterocycles. The zero-order valence-electron chi connectivity index (χ0n) is 8.14. The molecule has 0 unspecified atom stereocenters. The van der Waals surface area contributed by atoms with E-state index in [9.17, 15) is 4.39 Å². The minimum atomic E-state index is -0.257. The highest BCUT2D eigenvalue weighted by molar-refractivity contribution is 5.29. The van der Waals surface area contributed by atoms with Crippen LogP contribution in [0.5, 0.6) is 5.75 Å². The molecule has 0 radical (unpaired) electrons. The van der Waals surface area contributed by atoms with E-state index in [-0.39, 0.29) is 5.82 Å². The van der Waals surface area contributed by atoms with Crippen molar-refractivity contribution in [1.29, 1.82) is 0 Å². The molecule has 72 valence electrons. The first kappa shape index (κ1) is 10.0. The van der Waals surface area contributed by atoms with Crippen LogP contribution in [-0.4, -0.2) is 6.61 Å². The van der Waals surface area contributed by atoms with Crippen LogP contribution in [0, 0.1) is 5.82 Å². The van der Waals surface area contributed by atoms with Gasteiger partial charge in [0.05, 0.1) is 6.61 Å². The summed E-state index contributed by atoms with van der Waals surface area (Å²) >= 11 is 0. The number of hydrogen-bond donors (Lipinski definition) is 0. The van der Waals surface area contributed by atoms with Crippen LogP contribution in [0.25, 0.3) is 0 Å². The van der Waals surface area contributed by atoms with Gasteiger partial charge in [0.2, 0.25) is 0 Å². The molecule has 0 amide bonds. The van der Waals surface area contributed by atoms with Crippen LogP contribution in [0.2, 0.25) is 0 Å². The van der Waals surface area contributed by atoms with E-state index in [1.165, 1.54) is 6.07 Å². The maximum Gasteiger partial charge on any atom is 0.165 e. The molecule has 1 aromatic rings. The van der Waals surface area contributed by atoms with Crippen molar-refractivity contribution >= 4 is 0 Å². The third-order valence-electron chi connectivity index (χ3n) is 1.87. The summed E-state index contributed by atoms with van der Waals surface area (Å²) in [6.07, 6.45) is 1.75. The standard InChI is InChI=1S/C11H15FO/c1-3-7-13-11-6-5-9(4-2)8-10(11)12/h5-6,8H,3-4,7H2,1-2H3. The Hall–Kier alpha value is -1.05. The maximum absolute atomic E-state index is 13.2. The molecule has 0 heterocycles. The zero-order valence-corrected chi connectivity index (χ0v) is 8.14. The van der Waals surface area contributed by atoms with Crippen molar-refractivity contribution < 1.29 is 9.13 Å². The lowest BCUT2D eigenvalue weighted by molar-refractivity contribution is 0.301. The summed E-state index contributed by atoms with van der Waals surface area (Å²) in [5.74, 6) is 0.104. The second-order valence-corrected chi connectivity index (χ2v) is 2.97. The SMILES string of the molecule is CCCOc1ccc(CC)cc1F. The second-order valence-electron chi connectivity index (χ2n) is 2.97. The minimum Gasteiger partial charge on any atom is -0.491 e. The zero-order chi connectivity index (χ0) is 9.68. The molecule has 0 spiro atoms. The van der Waals surface area contributed by atoms with Gasteiger partial charge in [-0.15, -0.1) is 0 Å². The molecule has 0 bridgehead atoms. The van der Waals surface area contributed by atoms with Gasteiger partial charge in [0, 0.05) is 0 Å². The van der Waals surface area contributed by atoms with E-state index < -0.39 is 0 Å². The van der Waals surface area contributed by atoms with Gasteiger partial charge in [-0.2, -0.15) is 0 Å². The summed E-state index contributed by atoms with van der Waals surface area (Å²) in [5, 5.41) is 0. The van der Waals surface area contributed by atoms with Gasteiger partial charge in [0.25, 0.3) is 0 Å². The largest absolute Gasteiger partial charge is 0.491 e. The van der Waals surface area contributed by atoms with E-state index in [0.717, 1.165) is 18.4 Å². The first-order chi connectivity index (χ1) is 6.27. The summed E-state index contributed by atoms with van der Waals surface area (Å²) in [5.41, 5.74) is 1.00. The van der Waals surface area contributed by atoms with E-state index in [0.29, 0.717) is 12.4 Å². The van der Waals surface area contributed by atoms with Crippen LogP contribution in [0.3, 0.4) is 0 Å². The average Bonchev–Trinajstić information content (AvgIpc) is 2.16. The monoisotopic (exact) mass is 182 g/mol. The third-order valence-corrected chi connectivity index (χ3v) is 1.87.